The van der Waals surface area contributed by atoms with Gasteiger partial charge in [-0.1, -0.05) is 116 Å². The summed E-state index contributed by atoms with van der Waals surface area (Å²) in [6, 6.07) is -2.60. The van der Waals surface area contributed by atoms with Gasteiger partial charge in [-0.05, 0) is 19.3 Å². The van der Waals surface area contributed by atoms with Crippen molar-refractivity contribution in [1.82, 2.24) is 10.6 Å². The van der Waals surface area contributed by atoms with Crippen molar-refractivity contribution in [1.29, 1.82) is 0 Å². The Bertz CT molecular complexity index is 1570. The van der Waals surface area contributed by atoms with E-state index in [9.17, 15) is 75.7 Å². The number of carbonyl (C=O) groups is 3. The third-order valence-electron chi connectivity index (χ3n) is 13.5. The number of hydrogen-bond donors (Lipinski definition) is 14. The summed E-state index contributed by atoms with van der Waals surface area (Å²) in [6.45, 7) is 1.98. The van der Waals surface area contributed by atoms with Crippen LogP contribution in [0.2, 0.25) is 0 Å². The number of carbonyl (C=O) groups excluding carboxylic acids is 2. The van der Waals surface area contributed by atoms with Crippen LogP contribution in [-0.4, -0.2) is 215 Å². The highest BCUT2D eigenvalue weighted by Crippen LogP contribution is 2.38. The van der Waals surface area contributed by atoms with Crippen molar-refractivity contribution in [3.8, 4) is 0 Å². The van der Waals surface area contributed by atoms with Gasteiger partial charge in [0.25, 0.3) is 5.79 Å². The summed E-state index contributed by atoms with van der Waals surface area (Å²) in [4.78, 5) is 38.1. The van der Waals surface area contributed by atoms with Gasteiger partial charge in [0.15, 0.2) is 12.6 Å². The molecule has 23 nitrogen and oxygen atoms in total. The summed E-state index contributed by atoms with van der Waals surface area (Å²) >= 11 is 0. The number of unbranched alkanes of at least 4 members (excludes halogenated alkanes) is 15. The van der Waals surface area contributed by atoms with E-state index < -0.39 is 155 Å². The minimum Gasteiger partial charge on any atom is -0.477 e. The predicted octanol–water partition coefficient (Wildman–Crippen LogP) is -0.736. The van der Waals surface area contributed by atoms with E-state index in [1.54, 1.807) is 6.08 Å². The summed E-state index contributed by atoms with van der Waals surface area (Å²) < 4.78 is 34.4. The number of ether oxygens (including phenoxy) is 6. The highest BCUT2D eigenvalue weighted by Gasteiger charge is 2.60. The molecular weight excluding hydrogens is 953 g/mol. The van der Waals surface area contributed by atoms with Gasteiger partial charge in [-0.25, -0.2) is 4.79 Å². The second-order valence-corrected chi connectivity index (χ2v) is 19.4. The Kier molecular flexibility index (Phi) is 29.7. The van der Waals surface area contributed by atoms with E-state index in [4.69, 9.17) is 28.4 Å². The molecule has 3 rings (SSSR count). The normalized spacial score (nSPS) is 32.8. The monoisotopic (exact) mass is 1040 g/mol. The van der Waals surface area contributed by atoms with Crippen molar-refractivity contribution in [3.05, 3.63) is 12.2 Å². The maximum atomic E-state index is 13.2. The molecule has 14 N–H and O–H groups in total. The first-order valence-electron chi connectivity index (χ1n) is 26.1. The van der Waals surface area contributed by atoms with Crippen LogP contribution >= 0.6 is 0 Å². The van der Waals surface area contributed by atoms with Crippen LogP contribution in [0.4, 0.5) is 0 Å². The average molecular weight is 1040 g/mol. The minimum atomic E-state index is -3.08. The van der Waals surface area contributed by atoms with Crippen molar-refractivity contribution in [3.63, 3.8) is 0 Å². The molecule has 18 atom stereocenters. The first kappa shape index (κ1) is 63.8. The van der Waals surface area contributed by atoms with Gasteiger partial charge >= 0.3 is 5.97 Å². The number of amides is 2. The van der Waals surface area contributed by atoms with Crippen LogP contribution in [0.15, 0.2) is 12.2 Å². The smallest absolute Gasteiger partial charge is 0.364 e. The van der Waals surface area contributed by atoms with Crippen LogP contribution in [0.25, 0.3) is 0 Å². The van der Waals surface area contributed by atoms with Crippen molar-refractivity contribution >= 4 is 17.8 Å². The summed E-state index contributed by atoms with van der Waals surface area (Å²) in [5.41, 5.74) is 0. The molecule has 2 amide bonds. The molecule has 0 bridgehead atoms. The van der Waals surface area contributed by atoms with Gasteiger partial charge in [0.05, 0.1) is 50.7 Å². The number of rotatable bonds is 35. The Morgan fingerprint density at radius 3 is 1.85 bits per heavy atom. The summed E-state index contributed by atoms with van der Waals surface area (Å²) in [5.74, 6) is -6.15. The SMILES string of the molecule is CCCCCCCCC/C=C/C(O)C(COC1OC(CO)C(OC2OC(CO)C(O)C(OC3(C(=O)O)CC(O)C(NC(C)=O)C(C(O)C(O)CO)O3)C2O)C(O)C1O)NC(=O)CCCCCCCCCCC. The standard InChI is InChI=1S/C49H88N2O21/c1-4-6-8-10-12-14-16-18-20-22-31(56)30(51-36(59)23-21-19-17-15-13-11-9-7-5-2)28-67-46-41(63)40(62)43(35(27-54)69-46)70-47-42(64)45(39(61)34(26-53)68-47)72-49(48(65)66)24-32(57)37(50-29(3)55)44(71-49)38(60)33(58)25-52/h20,22,30-35,37-47,52-54,56-58,60-64H,4-19,21,23-28H2,1-3H3,(H,50,55)(H,51,59)(H,65,66)/b22-20+. The maximum absolute atomic E-state index is 13.2. The third kappa shape index (κ3) is 19.6. The molecule has 0 radical (unpaired) electrons. The number of carboxylic acid groups (broad SMARTS) is 1. The van der Waals surface area contributed by atoms with E-state index in [1.807, 2.05) is 6.08 Å². The molecular formula is C49H88N2O21. The molecule has 0 aromatic heterocycles. The number of aliphatic hydroxyl groups is 11. The van der Waals surface area contributed by atoms with Gasteiger partial charge < -0.3 is 100 Å². The summed E-state index contributed by atoms with van der Waals surface area (Å²) in [6.07, 6.45) is -7.88. The number of nitrogens with one attached hydrogen (secondary N) is 2. The van der Waals surface area contributed by atoms with Crippen molar-refractivity contribution < 1.29 is 104 Å². The molecule has 3 aliphatic heterocycles. The zero-order valence-electron chi connectivity index (χ0n) is 42.3. The first-order valence-corrected chi connectivity index (χ1v) is 26.1. The minimum absolute atomic E-state index is 0.201. The number of aliphatic carboxylic acids is 1. The molecule has 23 heteroatoms. The van der Waals surface area contributed by atoms with E-state index in [0.29, 0.717) is 12.8 Å². The van der Waals surface area contributed by atoms with Gasteiger partial charge in [0, 0.05) is 19.8 Å². The molecule has 0 saturated carbocycles. The van der Waals surface area contributed by atoms with Crippen molar-refractivity contribution in [2.45, 2.75) is 253 Å². The van der Waals surface area contributed by atoms with Crippen LogP contribution in [0.3, 0.4) is 0 Å². The van der Waals surface area contributed by atoms with Crippen LogP contribution < -0.4 is 10.6 Å². The largest absolute Gasteiger partial charge is 0.477 e. The maximum Gasteiger partial charge on any atom is 0.364 e. The predicted molar refractivity (Wildman–Crippen MR) is 255 cm³/mol. The van der Waals surface area contributed by atoms with E-state index in [1.165, 1.54) is 38.5 Å². The van der Waals surface area contributed by atoms with Gasteiger partial charge in [0.1, 0.15) is 67.1 Å². The molecule has 3 aliphatic rings. The molecule has 3 fully saturated rings. The van der Waals surface area contributed by atoms with Gasteiger partial charge in [-0.3, -0.25) is 9.59 Å². The lowest BCUT2D eigenvalue weighted by Gasteiger charge is -2.50. The Labute approximate surface area is 422 Å². The molecule has 72 heavy (non-hydrogen) atoms. The first-order chi connectivity index (χ1) is 34.4. The second kappa shape index (κ2) is 33.5. The fourth-order valence-electron chi connectivity index (χ4n) is 9.17. The quantitative estimate of drug-likeness (QED) is 0.0275. The zero-order valence-corrected chi connectivity index (χ0v) is 42.3. The Morgan fingerprint density at radius 2 is 1.29 bits per heavy atom. The Hall–Kier alpha value is -2.53. The lowest BCUT2D eigenvalue weighted by Crippen LogP contribution is -2.70. The van der Waals surface area contributed by atoms with E-state index in [-0.39, 0.29) is 12.3 Å². The number of carboxylic acids is 1. The topological polar surface area (TPSA) is 373 Å². The van der Waals surface area contributed by atoms with E-state index >= 15 is 0 Å². The molecule has 0 aromatic carbocycles. The van der Waals surface area contributed by atoms with Crippen LogP contribution in [0.5, 0.6) is 0 Å². The Morgan fingerprint density at radius 1 is 0.722 bits per heavy atom. The summed E-state index contributed by atoms with van der Waals surface area (Å²) in [5, 5.41) is 135. The molecule has 3 saturated heterocycles. The molecule has 0 aromatic rings. The van der Waals surface area contributed by atoms with E-state index in [0.717, 1.165) is 64.7 Å². The Balaban J connectivity index is 1.75. The highest BCUT2D eigenvalue weighted by molar-refractivity contribution is 5.77. The molecule has 0 spiro atoms. The third-order valence-corrected chi connectivity index (χ3v) is 13.5. The van der Waals surface area contributed by atoms with Gasteiger partial charge in [0.2, 0.25) is 11.8 Å². The molecule has 18 unspecified atom stereocenters. The molecule has 0 aliphatic carbocycles. The fourth-order valence-corrected chi connectivity index (χ4v) is 9.17. The number of aliphatic hydroxyl groups excluding tert-OH is 11. The zero-order chi connectivity index (χ0) is 53.4. The number of allylic oxidation sites excluding steroid dienone is 1. The summed E-state index contributed by atoms with van der Waals surface area (Å²) in [7, 11) is 0. The van der Waals surface area contributed by atoms with Crippen LogP contribution in [-0.2, 0) is 42.8 Å². The van der Waals surface area contributed by atoms with Gasteiger partial charge in [-0.15, -0.1) is 0 Å². The molecule has 420 valence electrons. The van der Waals surface area contributed by atoms with Crippen molar-refractivity contribution in [2.24, 2.45) is 0 Å². The lowest BCUT2D eigenvalue weighted by molar-refractivity contribution is -0.386. The van der Waals surface area contributed by atoms with Crippen molar-refractivity contribution in [2.75, 3.05) is 26.4 Å². The second-order valence-electron chi connectivity index (χ2n) is 19.4. The lowest BCUT2D eigenvalue weighted by atomic mass is 9.88. The number of hydrogen-bond acceptors (Lipinski definition) is 20. The average Bonchev–Trinajstić information content (AvgIpc) is 3.35. The van der Waals surface area contributed by atoms with Gasteiger partial charge in [-0.2, -0.15) is 0 Å². The van der Waals surface area contributed by atoms with E-state index in [2.05, 4.69) is 24.5 Å². The van der Waals surface area contributed by atoms with Crippen LogP contribution in [0.1, 0.15) is 143 Å². The van der Waals surface area contributed by atoms with Crippen LogP contribution in [0, 0.1) is 0 Å². The molecule has 3 heterocycles. The fraction of sp³-hybridized carbons (Fsp3) is 0.898. The highest BCUT2D eigenvalue weighted by atomic mass is 16.8.